The second-order valence-corrected chi connectivity index (χ2v) is 2.25. The van der Waals surface area contributed by atoms with Crippen LogP contribution in [0.5, 0.6) is 0 Å². The molecular formula is C7H8N3. The molecule has 1 aliphatic rings. The molecular weight excluding hydrogens is 126 g/mol. The maximum absolute atomic E-state index is 4.00. The highest BCUT2D eigenvalue weighted by atomic mass is 15.0. The number of hydrogen-bond donors (Lipinski definition) is 2. The van der Waals surface area contributed by atoms with Gasteiger partial charge in [-0.05, 0) is 0 Å². The molecule has 0 bridgehead atoms. The number of imidazole rings is 1. The van der Waals surface area contributed by atoms with Gasteiger partial charge in [-0.3, -0.25) is 0 Å². The molecule has 2 rings (SSSR count). The number of aromatic nitrogens is 2. The Kier molecular flexibility index (Phi) is 1.29. The smallest absolute Gasteiger partial charge is 0.173 e. The highest BCUT2D eigenvalue weighted by Gasteiger charge is 2.11. The molecule has 1 unspecified atom stereocenters. The Labute approximate surface area is 59.2 Å². The van der Waals surface area contributed by atoms with Gasteiger partial charge in [0.2, 0.25) is 0 Å². The van der Waals surface area contributed by atoms with Crippen molar-refractivity contribution in [3.63, 3.8) is 0 Å². The highest BCUT2D eigenvalue weighted by Crippen LogP contribution is 2.12. The average Bonchev–Trinajstić information content (AvgIpc) is 2.59. The van der Waals surface area contributed by atoms with E-state index in [0.717, 1.165) is 12.2 Å². The molecule has 3 heteroatoms. The van der Waals surface area contributed by atoms with E-state index < -0.39 is 0 Å². The maximum Gasteiger partial charge on any atom is 0.173 e. The van der Waals surface area contributed by atoms with E-state index in [-0.39, 0.29) is 0 Å². The lowest BCUT2D eigenvalue weighted by molar-refractivity contribution is 0.696. The van der Waals surface area contributed by atoms with Crippen molar-refractivity contribution in [1.82, 2.24) is 15.3 Å². The molecule has 0 aliphatic carbocycles. The summed E-state index contributed by atoms with van der Waals surface area (Å²) in [6, 6.07) is 0.294. The van der Waals surface area contributed by atoms with Crippen molar-refractivity contribution in [2.75, 3.05) is 6.54 Å². The number of rotatable bonds is 1. The Morgan fingerprint density at radius 2 is 2.70 bits per heavy atom. The molecule has 1 aromatic heterocycles. The van der Waals surface area contributed by atoms with Gasteiger partial charge in [-0.25, -0.2) is 4.98 Å². The third kappa shape index (κ3) is 0.844. The monoisotopic (exact) mass is 134 g/mol. The van der Waals surface area contributed by atoms with Crippen LogP contribution in [0.3, 0.4) is 0 Å². The molecule has 10 heavy (non-hydrogen) atoms. The third-order valence-corrected chi connectivity index (χ3v) is 1.57. The van der Waals surface area contributed by atoms with Gasteiger partial charge in [0.1, 0.15) is 0 Å². The summed E-state index contributed by atoms with van der Waals surface area (Å²) in [6.45, 7) is 0.942. The molecule has 51 valence electrons. The quantitative estimate of drug-likeness (QED) is 0.546. The van der Waals surface area contributed by atoms with Gasteiger partial charge in [0.05, 0.1) is 11.7 Å². The number of nitrogens with one attached hydrogen (secondary N) is 2. The summed E-state index contributed by atoms with van der Waals surface area (Å²) in [6.07, 6.45) is 8.71. The lowest BCUT2D eigenvalue weighted by Gasteiger charge is -2.02. The SMILES string of the molecule is [c]1nc(C2C=CCN2)c[nH]1. The van der Waals surface area contributed by atoms with Crippen molar-refractivity contribution in [3.8, 4) is 0 Å². The average molecular weight is 134 g/mol. The summed E-state index contributed by atoms with van der Waals surface area (Å²) >= 11 is 0. The predicted molar refractivity (Wildman–Crippen MR) is 37.3 cm³/mol. The molecule has 1 radical (unpaired) electrons. The van der Waals surface area contributed by atoms with Crippen LogP contribution in [0.2, 0.25) is 0 Å². The van der Waals surface area contributed by atoms with Crippen LogP contribution in [0, 0.1) is 6.33 Å². The van der Waals surface area contributed by atoms with E-state index in [9.17, 15) is 0 Å². The second-order valence-electron chi connectivity index (χ2n) is 2.25. The first-order chi connectivity index (χ1) is 4.97. The molecule has 1 aromatic rings. The number of aromatic amines is 1. The Balaban J connectivity index is 2.20. The Bertz CT molecular complexity index is 225. The molecule has 1 aliphatic heterocycles. The molecule has 0 saturated carbocycles. The van der Waals surface area contributed by atoms with E-state index in [0.29, 0.717) is 6.04 Å². The standard InChI is InChI=1S/C7H8N3/c1-2-6(9-3-1)7-4-8-5-10-7/h1-2,4,6,9H,3H2,(H,8,10). The number of nitrogens with zero attached hydrogens (tertiary/aromatic N) is 1. The molecule has 1 atom stereocenters. The maximum atomic E-state index is 4.00. The van der Waals surface area contributed by atoms with Crippen LogP contribution in [0.25, 0.3) is 0 Å². The third-order valence-electron chi connectivity index (χ3n) is 1.57. The minimum absolute atomic E-state index is 0.294. The first kappa shape index (κ1) is 5.68. The van der Waals surface area contributed by atoms with Crippen LogP contribution in [-0.2, 0) is 0 Å². The molecule has 3 nitrogen and oxygen atoms in total. The molecule has 0 spiro atoms. The fourth-order valence-electron chi connectivity index (χ4n) is 1.06. The summed E-state index contributed by atoms with van der Waals surface area (Å²) < 4.78 is 0. The minimum Gasteiger partial charge on any atom is -0.342 e. The first-order valence-electron chi connectivity index (χ1n) is 3.28. The molecule has 0 aromatic carbocycles. The predicted octanol–water partition coefficient (Wildman–Crippen LogP) is 0.410. The van der Waals surface area contributed by atoms with E-state index in [2.05, 4.69) is 33.8 Å². The summed E-state index contributed by atoms with van der Waals surface area (Å²) in [5, 5.41) is 3.25. The molecule has 0 saturated heterocycles. The van der Waals surface area contributed by atoms with E-state index in [1.54, 1.807) is 0 Å². The van der Waals surface area contributed by atoms with Gasteiger partial charge < -0.3 is 10.3 Å². The van der Waals surface area contributed by atoms with Gasteiger partial charge >= 0.3 is 0 Å². The van der Waals surface area contributed by atoms with Gasteiger partial charge in [0.15, 0.2) is 6.33 Å². The van der Waals surface area contributed by atoms with Crippen LogP contribution in [0.4, 0.5) is 0 Å². The molecule has 0 amide bonds. The zero-order valence-electron chi connectivity index (χ0n) is 5.46. The highest BCUT2D eigenvalue weighted by molar-refractivity contribution is 5.15. The van der Waals surface area contributed by atoms with Crippen molar-refractivity contribution >= 4 is 0 Å². The second kappa shape index (κ2) is 2.27. The summed E-state index contributed by atoms with van der Waals surface area (Å²) in [7, 11) is 0. The molecule has 2 N–H and O–H groups in total. The lowest BCUT2D eigenvalue weighted by Crippen LogP contribution is -2.13. The Hall–Kier alpha value is -1.09. The van der Waals surface area contributed by atoms with Crippen LogP contribution in [0.15, 0.2) is 18.3 Å². The summed E-state index contributed by atoms with van der Waals surface area (Å²) in [5.41, 5.74) is 1.01. The fourth-order valence-corrected chi connectivity index (χ4v) is 1.06. The van der Waals surface area contributed by atoms with Crippen molar-refractivity contribution in [2.24, 2.45) is 0 Å². The summed E-state index contributed by atoms with van der Waals surface area (Å²) in [4.78, 5) is 6.80. The van der Waals surface area contributed by atoms with Crippen LogP contribution in [-0.4, -0.2) is 16.5 Å². The summed E-state index contributed by atoms with van der Waals surface area (Å²) in [5.74, 6) is 0. The topological polar surface area (TPSA) is 40.7 Å². The first-order valence-corrected chi connectivity index (χ1v) is 3.28. The van der Waals surface area contributed by atoms with Crippen molar-refractivity contribution in [3.05, 3.63) is 30.4 Å². The zero-order valence-corrected chi connectivity index (χ0v) is 5.46. The Morgan fingerprint density at radius 3 is 3.30 bits per heavy atom. The van der Waals surface area contributed by atoms with Gasteiger partial charge in [-0.1, -0.05) is 12.2 Å². The number of hydrogen-bond acceptors (Lipinski definition) is 2. The largest absolute Gasteiger partial charge is 0.342 e. The van der Waals surface area contributed by atoms with Crippen LogP contribution >= 0.6 is 0 Å². The molecule has 0 fully saturated rings. The van der Waals surface area contributed by atoms with Gasteiger partial charge in [0, 0.05) is 12.7 Å². The van der Waals surface area contributed by atoms with Gasteiger partial charge in [0.25, 0.3) is 0 Å². The van der Waals surface area contributed by atoms with Gasteiger partial charge in [-0.15, -0.1) is 0 Å². The fraction of sp³-hybridized carbons (Fsp3) is 0.286. The van der Waals surface area contributed by atoms with E-state index in [1.807, 2.05) is 6.20 Å². The van der Waals surface area contributed by atoms with Crippen molar-refractivity contribution in [1.29, 1.82) is 0 Å². The van der Waals surface area contributed by atoms with E-state index in [4.69, 9.17) is 0 Å². The van der Waals surface area contributed by atoms with Crippen LogP contribution < -0.4 is 5.32 Å². The minimum atomic E-state index is 0.294. The van der Waals surface area contributed by atoms with Crippen LogP contribution in [0.1, 0.15) is 11.7 Å². The Morgan fingerprint density at radius 1 is 1.70 bits per heavy atom. The van der Waals surface area contributed by atoms with E-state index >= 15 is 0 Å². The van der Waals surface area contributed by atoms with E-state index in [1.165, 1.54) is 0 Å². The molecule has 2 heterocycles. The van der Waals surface area contributed by atoms with Gasteiger partial charge in [-0.2, -0.15) is 0 Å². The lowest BCUT2D eigenvalue weighted by atomic mass is 10.2. The zero-order chi connectivity index (χ0) is 6.81. The van der Waals surface area contributed by atoms with Crippen molar-refractivity contribution in [2.45, 2.75) is 6.04 Å². The normalized spacial score (nSPS) is 23.8. The van der Waals surface area contributed by atoms with Crippen molar-refractivity contribution < 1.29 is 0 Å². The number of H-pyrrole nitrogens is 1.